The van der Waals surface area contributed by atoms with Gasteiger partial charge in [-0.05, 0) is 12.8 Å². The summed E-state index contributed by atoms with van der Waals surface area (Å²) in [6, 6.07) is 0. The molecule has 0 saturated carbocycles. The lowest BCUT2D eigenvalue weighted by molar-refractivity contribution is 0.0981. The van der Waals surface area contributed by atoms with Crippen molar-refractivity contribution in [2.24, 2.45) is 0 Å². The standard InChI is InChI=1S/C10H12N2O3S/c13-10(8-5-11-7-12-6-8)9-3-1-2-4-16(9,14)15/h5-7,9H,1-4H2. The van der Waals surface area contributed by atoms with Crippen molar-refractivity contribution in [2.75, 3.05) is 5.75 Å². The molecule has 0 N–H and O–H groups in total. The molecule has 2 rings (SSSR count). The van der Waals surface area contributed by atoms with Crippen molar-refractivity contribution in [1.29, 1.82) is 0 Å². The highest BCUT2D eigenvalue weighted by Crippen LogP contribution is 2.22. The maximum atomic E-state index is 12.0. The molecular formula is C10H12N2O3S. The Morgan fingerprint density at radius 1 is 1.25 bits per heavy atom. The predicted molar refractivity (Wildman–Crippen MR) is 57.8 cm³/mol. The topological polar surface area (TPSA) is 77.0 Å². The molecule has 0 radical (unpaired) electrons. The SMILES string of the molecule is O=C(c1cncnc1)C1CCCCS1(=O)=O. The molecule has 2 heterocycles. The Kier molecular flexibility index (Phi) is 3.00. The second-order valence-corrected chi connectivity index (χ2v) is 6.15. The molecule has 86 valence electrons. The number of rotatable bonds is 2. The van der Waals surface area contributed by atoms with Crippen LogP contribution in [-0.4, -0.2) is 35.2 Å². The number of Topliss-reactive ketones (excluding diaryl/α,β-unsaturated/α-hetero) is 1. The van der Waals surface area contributed by atoms with Crippen LogP contribution in [0.25, 0.3) is 0 Å². The summed E-state index contributed by atoms with van der Waals surface area (Å²) in [7, 11) is -3.28. The van der Waals surface area contributed by atoms with E-state index in [1.807, 2.05) is 0 Å². The number of ketones is 1. The van der Waals surface area contributed by atoms with Gasteiger partial charge in [-0.3, -0.25) is 4.79 Å². The zero-order chi connectivity index (χ0) is 11.6. The Bertz CT molecular complexity index is 484. The van der Waals surface area contributed by atoms with Gasteiger partial charge in [0, 0.05) is 12.4 Å². The third-order valence-electron chi connectivity index (χ3n) is 2.72. The van der Waals surface area contributed by atoms with Crippen LogP contribution < -0.4 is 0 Å². The molecule has 0 amide bonds. The van der Waals surface area contributed by atoms with E-state index in [1.54, 1.807) is 0 Å². The second kappa shape index (κ2) is 4.29. The van der Waals surface area contributed by atoms with Crippen molar-refractivity contribution in [1.82, 2.24) is 9.97 Å². The molecule has 1 aliphatic rings. The molecule has 1 atom stereocenters. The summed E-state index contributed by atoms with van der Waals surface area (Å²) in [5, 5.41) is -0.896. The smallest absolute Gasteiger partial charge is 0.184 e. The molecule has 1 aromatic heterocycles. The monoisotopic (exact) mass is 240 g/mol. The van der Waals surface area contributed by atoms with Gasteiger partial charge in [0.2, 0.25) is 0 Å². The maximum absolute atomic E-state index is 12.0. The lowest BCUT2D eigenvalue weighted by Crippen LogP contribution is -2.35. The zero-order valence-electron chi connectivity index (χ0n) is 8.67. The number of aromatic nitrogens is 2. The molecule has 16 heavy (non-hydrogen) atoms. The highest BCUT2D eigenvalue weighted by atomic mass is 32.2. The van der Waals surface area contributed by atoms with E-state index in [-0.39, 0.29) is 17.1 Å². The lowest BCUT2D eigenvalue weighted by atomic mass is 10.1. The summed E-state index contributed by atoms with van der Waals surface area (Å²) in [6.45, 7) is 0. The molecular weight excluding hydrogens is 228 g/mol. The summed E-state index contributed by atoms with van der Waals surface area (Å²) < 4.78 is 23.5. The van der Waals surface area contributed by atoms with Gasteiger partial charge in [-0.25, -0.2) is 18.4 Å². The third kappa shape index (κ3) is 2.11. The Morgan fingerprint density at radius 2 is 1.94 bits per heavy atom. The van der Waals surface area contributed by atoms with Crippen LogP contribution in [0.5, 0.6) is 0 Å². The van der Waals surface area contributed by atoms with Crippen LogP contribution in [0.15, 0.2) is 18.7 Å². The Morgan fingerprint density at radius 3 is 2.56 bits per heavy atom. The molecule has 1 saturated heterocycles. The van der Waals surface area contributed by atoms with Gasteiger partial charge in [-0.15, -0.1) is 0 Å². The van der Waals surface area contributed by atoms with E-state index in [0.717, 1.165) is 6.42 Å². The zero-order valence-corrected chi connectivity index (χ0v) is 9.48. The van der Waals surface area contributed by atoms with Crippen molar-refractivity contribution in [3.63, 3.8) is 0 Å². The summed E-state index contributed by atoms with van der Waals surface area (Å²) in [6.07, 6.45) is 5.88. The van der Waals surface area contributed by atoms with Crippen LogP contribution in [0.1, 0.15) is 29.6 Å². The number of hydrogen-bond donors (Lipinski definition) is 0. The van der Waals surface area contributed by atoms with Crippen LogP contribution in [0.3, 0.4) is 0 Å². The quantitative estimate of drug-likeness (QED) is 0.708. The van der Waals surface area contributed by atoms with Crippen LogP contribution in [0, 0.1) is 0 Å². The highest BCUT2D eigenvalue weighted by Gasteiger charge is 2.35. The van der Waals surface area contributed by atoms with Gasteiger partial charge in [0.15, 0.2) is 15.6 Å². The van der Waals surface area contributed by atoms with Gasteiger partial charge in [0.25, 0.3) is 0 Å². The average molecular weight is 240 g/mol. The first-order valence-corrected chi connectivity index (χ1v) is 6.83. The van der Waals surface area contributed by atoms with Crippen LogP contribution >= 0.6 is 0 Å². The van der Waals surface area contributed by atoms with E-state index >= 15 is 0 Å². The summed E-state index contributed by atoms with van der Waals surface area (Å²) >= 11 is 0. The number of carbonyl (C=O) groups is 1. The molecule has 0 aliphatic carbocycles. The Balaban J connectivity index is 2.28. The largest absolute Gasteiger partial charge is 0.293 e. The third-order valence-corrected chi connectivity index (χ3v) is 4.89. The highest BCUT2D eigenvalue weighted by molar-refractivity contribution is 7.92. The maximum Gasteiger partial charge on any atom is 0.184 e. The number of carbonyl (C=O) groups excluding carboxylic acids is 1. The number of hydrogen-bond acceptors (Lipinski definition) is 5. The van der Waals surface area contributed by atoms with Crippen molar-refractivity contribution in [3.05, 3.63) is 24.3 Å². The van der Waals surface area contributed by atoms with Crippen LogP contribution in [0.4, 0.5) is 0 Å². The van der Waals surface area contributed by atoms with Crippen molar-refractivity contribution in [3.8, 4) is 0 Å². The van der Waals surface area contributed by atoms with E-state index in [9.17, 15) is 13.2 Å². The Hall–Kier alpha value is -1.30. The minimum atomic E-state index is -3.28. The molecule has 1 aliphatic heterocycles. The molecule has 0 spiro atoms. The van der Waals surface area contributed by atoms with Gasteiger partial charge in [-0.2, -0.15) is 0 Å². The minimum Gasteiger partial charge on any atom is -0.293 e. The first-order chi connectivity index (χ1) is 7.61. The predicted octanol–water partition coefficient (Wildman–Crippen LogP) is 0.627. The fourth-order valence-corrected chi connectivity index (χ4v) is 3.74. The van der Waals surface area contributed by atoms with Gasteiger partial charge in [0.1, 0.15) is 11.6 Å². The lowest BCUT2D eigenvalue weighted by Gasteiger charge is -2.20. The first kappa shape index (κ1) is 11.2. The van der Waals surface area contributed by atoms with E-state index in [1.165, 1.54) is 18.7 Å². The normalized spacial score (nSPS) is 23.9. The summed E-state index contributed by atoms with van der Waals surface area (Å²) in [5.41, 5.74) is 0.276. The van der Waals surface area contributed by atoms with Crippen molar-refractivity contribution >= 4 is 15.6 Å². The molecule has 5 nitrogen and oxygen atoms in total. The molecule has 1 unspecified atom stereocenters. The van der Waals surface area contributed by atoms with Gasteiger partial charge in [0.05, 0.1) is 11.3 Å². The van der Waals surface area contributed by atoms with Gasteiger partial charge < -0.3 is 0 Å². The number of nitrogens with zero attached hydrogens (tertiary/aromatic N) is 2. The minimum absolute atomic E-state index is 0.108. The fourth-order valence-electron chi connectivity index (χ4n) is 1.86. The van der Waals surface area contributed by atoms with Gasteiger partial charge >= 0.3 is 0 Å². The summed E-state index contributed by atoms with van der Waals surface area (Å²) in [4.78, 5) is 19.4. The fraction of sp³-hybridized carbons (Fsp3) is 0.500. The van der Waals surface area contributed by atoms with Crippen LogP contribution in [-0.2, 0) is 9.84 Å². The molecule has 0 bridgehead atoms. The van der Waals surface area contributed by atoms with Crippen molar-refractivity contribution < 1.29 is 13.2 Å². The van der Waals surface area contributed by atoms with Gasteiger partial charge in [-0.1, -0.05) is 6.42 Å². The van der Waals surface area contributed by atoms with Crippen molar-refractivity contribution in [2.45, 2.75) is 24.5 Å². The molecule has 6 heteroatoms. The van der Waals surface area contributed by atoms with E-state index in [4.69, 9.17) is 0 Å². The van der Waals surface area contributed by atoms with E-state index in [0.29, 0.717) is 12.8 Å². The summed E-state index contributed by atoms with van der Waals surface area (Å²) in [5.74, 6) is -0.266. The van der Waals surface area contributed by atoms with E-state index < -0.39 is 15.1 Å². The molecule has 1 fully saturated rings. The van der Waals surface area contributed by atoms with E-state index in [2.05, 4.69) is 9.97 Å². The number of sulfone groups is 1. The van der Waals surface area contributed by atoms with Crippen LogP contribution in [0.2, 0.25) is 0 Å². The molecule has 0 aromatic carbocycles. The second-order valence-electron chi connectivity index (χ2n) is 3.84. The average Bonchev–Trinajstić information content (AvgIpc) is 2.29. The first-order valence-electron chi connectivity index (χ1n) is 5.12. The molecule has 1 aromatic rings. The Labute approximate surface area is 93.8 Å².